The Kier molecular flexibility index (Phi) is 2.85. The van der Waals surface area contributed by atoms with Crippen LogP contribution in [0.4, 0.5) is 5.69 Å². The van der Waals surface area contributed by atoms with Crippen molar-refractivity contribution < 1.29 is 4.92 Å². The molecule has 1 heterocycles. The first-order valence-corrected chi connectivity index (χ1v) is 5.42. The van der Waals surface area contributed by atoms with Gasteiger partial charge in [0.15, 0.2) is 0 Å². The molecule has 0 saturated heterocycles. The fraction of sp³-hybridized carbons (Fsp3) is 0.333. The van der Waals surface area contributed by atoms with E-state index in [1.807, 2.05) is 26.4 Å². The van der Waals surface area contributed by atoms with Crippen LogP contribution in [0.15, 0.2) is 30.5 Å². The molecule has 0 bridgehead atoms. The Labute approximate surface area is 99.4 Å². The zero-order valence-corrected chi connectivity index (χ0v) is 10.1. The molecule has 1 aromatic heterocycles. The van der Waals surface area contributed by atoms with Crippen molar-refractivity contribution in [2.45, 2.75) is 13.1 Å². The van der Waals surface area contributed by atoms with Gasteiger partial charge in [-0.1, -0.05) is 0 Å². The quantitative estimate of drug-likeness (QED) is 0.605. The monoisotopic (exact) mass is 233 g/mol. The van der Waals surface area contributed by atoms with Crippen LogP contribution < -0.4 is 0 Å². The minimum atomic E-state index is -0.369. The number of hydrogen-bond donors (Lipinski definition) is 0. The summed E-state index contributed by atoms with van der Waals surface area (Å²) < 4.78 is 2.10. The van der Waals surface area contributed by atoms with Crippen molar-refractivity contribution in [3.63, 3.8) is 0 Å². The van der Waals surface area contributed by atoms with Gasteiger partial charge in [-0.25, -0.2) is 0 Å². The lowest BCUT2D eigenvalue weighted by Crippen LogP contribution is -2.22. The van der Waals surface area contributed by atoms with Crippen molar-refractivity contribution in [2.75, 3.05) is 14.1 Å². The van der Waals surface area contributed by atoms with Crippen LogP contribution in [0.25, 0.3) is 10.9 Å². The lowest BCUT2D eigenvalue weighted by Gasteiger charge is -2.22. The minimum Gasteiger partial charge on any atom is -0.332 e. The van der Waals surface area contributed by atoms with Crippen LogP contribution in [0.1, 0.15) is 13.1 Å². The van der Waals surface area contributed by atoms with Crippen LogP contribution in [0.3, 0.4) is 0 Å². The van der Waals surface area contributed by atoms with Crippen molar-refractivity contribution in [3.8, 4) is 0 Å². The predicted molar refractivity (Wildman–Crippen MR) is 67.0 cm³/mol. The molecule has 5 heteroatoms. The van der Waals surface area contributed by atoms with E-state index in [2.05, 4.69) is 16.4 Å². The summed E-state index contributed by atoms with van der Waals surface area (Å²) in [4.78, 5) is 12.4. The molecule has 5 nitrogen and oxygen atoms in total. The Morgan fingerprint density at radius 2 is 2.06 bits per heavy atom. The molecule has 0 aliphatic heterocycles. The molecule has 90 valence electrons. The van der Waals surface area contributed by atoms with Gasteiger partial charge in [-0.3, -0.25) is 15.0 Å². The summed E-state index contributed by atoms with van der Waals surface area (Å²) in [5, 5.41) is 11.6. The van der Waals surface area contributed by atoms with Gasteiger partial charge in [0.05, 0.1) is 11.1 Å². The van der Waals surface area contributed by atoms with E-state index in [-0.39, 0.29) is 16.8 Å². The standard InChI is InChI=1S/C12H15N3O2/c1-9(13(2)3)14-7-6-10-8-11(15(16)17)4-5-12(10)14/h4-9H,1-3H3. The van der Waals surface area contributed by atoms with E-state index in [0.29, 0.717) is 0 Å². The molecular formula is C12H15N3O2. The second kappa shape index (κ2) is 4.18. The molecule has 1 aromatic carbocycles. The van der Waals surface area contributed by atoms with E-state index in [1.165, 1.54) is 0 Å². The maximum Gasteiger partial charge on any atom is 0.270 e. The van der Waals surface area contributed by atoms with Gasteiger partial charge < -0.3 is 4.57 Å². The Balaban J connectivity index is 2.52. The summed E-state index contributed by atoms with van der Waals surface area (Å²) in [6, 6.07) is 6.85. The Hall–Kier alpha value is -1.88. The Bertz CT molecular complexity index is 560. The number of benzene rings is 1. The summed E-state index contributed by atoms with van der Waals surface area (Å²) >= 11 is 0. The number of nitrogens with zero attached hydrogens (tertiary/aromatic N) is 3. The van der Waals surface area contributed by atoms with Crippen molar-refractivity contribution in [1.29, 1.82) is 0 Å². The van der Waals surface area contributed by atoms with E-state index in [1.54, 1.807) is 18.2 Å². The van der Waals surface area contributed by atoms with E-state index in [0.717, 1.165) is 10.9 Å². The maximum atomic E-state index is 10.7. The van der Waals surface area contributed by atoms with Crippen molar-refractivity contribution in [1.82, 2.24) is 9.47 Å². The molecule has 0 aliphatic rings. The zero-order chi connectivity index (χ0) is 12.6. The highest BCUT2D eigenvalue weighted by Gasteiger charge is 2.12. The van der Waals surface area contributed by atoms with Gasteiger partial charge in [-0.05, 0) is 33.2 Å². The molecule has 0 fully saturated rings. The minimum absolute atomic E-state index is 0.132. The average molecular weight is 233 g/mol. The van der Waals surface area contributed by atoms with E-state index >= 15 is 0 Å². The molecule has 2 aromatic rings. The second-order valence-electron chi connectivity index (χ2n) is 4.32. The third kappa shape index (κ3) is 2.01. The topological polar surface area (TPSA) is 51.3 Å². The number of aromatic nitrogens is 1. The van der Waals surface area contributed by atoms with Crippen LogP contribution >= 0.6 is 0 Å². The maximum absolute atomic E-state index is 10.7. The van der Waals surface area contributed by atoms with Gasteiger partial charge >= 0.3 is 0 Å². The number of nitro groups is 1. The summed E-state index contributed by atoms with van der Waals surface area (Å²) in [5.74, 6) is 0. The Morgan fingerprint density at radius 3 is 2.65 bits per heavy atom. The Morgan fingerprint density at radius 1 is 1.35 bits per heavy atom. The van der Waals surface area contributed by atoms with Gasteiger partial charge in [0.1, 0.15) is 0 Å². The number of non-ortho nitro benzene ring substituents is 1. The highest BCUT2D eigenvalue weighted by molar-refractivity contribution is 5.82. The lowest BCUT2D eigenvalue weighted by atomic mass is 10.2. The van der Waals surface area contributed by atoms with E-state index in [4.69, 9.17) is 0 Å². The molecule has 0 spiro atoms. The molecule has 17 heavy (non-hydrogen) atoms. The third-order valence-corrected chi connectivity index (χ3v) is 3.06. The van der Waals surface area contributed by atoms with Crippen LogP contribution in [0.5, 0.6) is 0 Å². The molecule has 0 radical (unpaired) electrons. The number of hydrogen-bond acceptors (Lipinski definition) is 3. The SMILES string of the molecule is CC(N(C)C)n1ccc2cc([N+](=O)[O-])ccc21. The molecule has 1 atom stereocenters. The number of fused-ring (bicyclic) bond motifs is 1. The van der Waals surface area contributed by atoms with Crippen LogP contribution in [-0.4, -0.2) is 28.5 Å². The molecule has 0 N–H and O–H groups in total. The molecule has 0 amide bonds. The van der Waals surface area contributed by atoms with Gasteiger partial charge in [0.25, 0.3) is 5.69 Å². The van der Waals surface area contributed by atoms with E-state index < -0.39 is 0 Å². The smallest absolute Gasteiger partial charge is 0.270 e. The molecule has 0 aliphatic carbocycles. The highest BCUT2D eigenvalue weighted by Crippen LogP contribution is 2.24. The summed E-state index contributed by atoms with van der Waals surface area (Å²) in [7, 11) is 4.00. The molecule has 1 unspecified atom stereocenters. The van der Waals surface area contributed by atoms with Crippen LogP contribution in [0.2, 0.25) is 0 Å². The summed E-state index contributed by atoms with van der Waals surface area (Å²) in [6.07, 6.45) is 2.17. The first kappa shape index (κ1) is 11.6. The largest absolute Gasteiger partial charge is 0.332 e. The van der Waals surface area contributed by atoms with Crippen molar-refractivity contribution >= 4 is 16.6 Å². The van der Waals surface area contributed by atoms with Gasteiger partial charge in [-0.2, -0.15) is 0 Å². The molecule has 0 saturated carbocycles. The lowest BCUT2D eigenvalue weighted by molar-refractivity contribution is -0.384. The van der Waals surface area contributed by atoms with Gasteiger partial charge in [0, 0.05) is 29.2 Å². The number of nitro benzene ring substituents is 1. The second-order valence-corrected chi connectivity index (χ2v) is 4.32. The fourth-order valence-corrected chi connectivity index (χ4v) is 1.84. The van der Waals surface area contributed by atoms with Crippen molar-refractivity contribution in [3.05, 3.63) is 40.6 Å². The van der Waals surface area contributed by atoms with Gasteiger partial charge in [0.2, 0.25) is 0 Å². The van der Waals surface area contributed by atoms with Crippen molar-refractivity contribution in [2.24, 2.45) is 0 Å². The highest BCUT2D eigenvalue weighted by atomic mass is 16.6. The number of rotatable bonds is 3. The first-order chi connectivity index (χ1) is 8.00. The normalized spacial score (nSPS) is 13.2. The fourth-order valence-electron chi connectivity index (χ4n) is 1.84. The molecular weight excluding hydrogens is 218 g/mol. The van der Waals surface area contributed by atoms with Crippen LogP contribution in [-0.2, 0) is 0 Å². The van der Waals surface area contributed by atoms with Crippen LogP contribution in [0, 0.1) is 10.1 Å². The first-order valence-electron chi connectivity index (χ1n) is 5.42. The third-order valence-electron chi connectivity index (χ3n) is 3.06. The summed E-state index contributed by atoms with van der Waals surface area (Å²) in [6.45, 7) is 2.08. The average Bonchev–Trinajstić information content (AvgIpc) is 2.70. The molecule has 2 rings (SSSR count). The predicted octanol–water partition coefficient (Wildman–Crippen LogP) is 2.63. The van der Waals surface area contributed by atoms with Gasteiger partial charge in [-0.15, -0.1) is 0 Å². The zero-order valence-electron chi connectivity index (χ0n) is 10.1. The summed E-state index contributed by atoms with van der Waals surface area (Å²) in [5.41, 5.74) is 1.14. The van der Waals surface area contributed by atoms with E-state index in [9.17, 15) is 10.1 Å².